The maximum Gasteiger partial charge on any atom is 0.239 e. The molecule has 2 N–H and O–H groups in total. The van der Waals surface area contributed by atoms with Crippen LogP contribution in [0.25, 0.3) is 0 Å². The van der Waals surface area contributed by atoms with Gasteiger partial charge >= 0.3 is 0 Å². The number of hydrogen-bond donors (Lipinski definition) is 1. The lowest BCUT2D eigenvalue weighted by atomic mass is 9.86. The summed E-state index contributed by atoms with van der Waals surface area (Å²) in [7, 11) is -1.53. The van der Waals surface area contributed by atoms with E-state index in [1.165, 1.54) is 12.1 Å². The molecule has 0 saturated carbocycles. The molecule has 1 rings (SSSR count). The number of benzene rings is 1. The monoisotopic (exact) mass is 392 g/mol. The van der Waals surface area contributed by atoms with E-state index in [0.717, 1.165) is 6.26 Å². The normalized spacial score (nSPS) is 12.9. The zero-order valence-electron chi connectivity index (χ0n) is 15.5. The summed E-state index contributed by atoms with van der Waals surface area (Å²) >= 11 is 0. The lowest BCUT2D eigenvalue weighted by Gasteiger charge is -2.30. The highest BCUT2D eigenvalue weighted by Gasteiger charge is 2.29. The molecule has 0 radical (unpaired) electrons. The predicted octanol–water partition coefficient (Wildman–Crippen LogP) is 2.11. The van der Waals surface area contributed by atoms with Crippen LogP contribution in [0.4, 0.5) is 0 Å². The summed E-state index contributed by atoms with van der Waals surface area (Å²) in [5.74, 6) is 0.403. The smallest absolute Gasteiger partial charge is 0.239 e. The van der Waals surface area contributed by atoms with Gasteiger partial charge in [0.1, 0.15) is 5.75 Å². The summed E-state index contributed by atoms with van der Waals surface area (Å²) in [6.45, 7) is 6.70. The van der Waals surface area contributed by atoms with Gasteiger partial charge in [-0.15, -0.1) is 12.4 Å². The Morgan fingerprint density at radius 2 is 1.92 bits per heavy atom. The zero-order valence-corrected chi connectivity index (χ0v) is 17.1. The number of hydrogen-bond acceptors (Lipinski definition) is 5. The molecule has 0 fully saturated rings. The third kappa shape index (κ3) is 7.63. The van der Waals surface area contributed by atoms with Crippen molar-refractivity contribution in [1.82, 2.24) is 4.90 Å². The van der Waals surface area contributed by atoms with Gasteiger partial charge in [0.15, 0.2) is 9.84 Å². The molecule has 6 nitrogen and oxygen atoms in total. The molecular weight excluding hydrogens is 364 g/mol. The molecule has 144 valence electrons. The lowest BCUT2D eigenvalue weighted by molar-refractivity contribution is -0.133. The maximum absolute atomic E-state index is 12.2. The van der Waals surface area contributed by atoms with Gasteiger partial charge in [-0.25, -0.2) is 8.42 Å². The number of likely N-dealkylation sites (N-methyl/N-ethyl adjacent to an activating group) is 1. The lowest BCUT2D eigenvalue weighted by Crippen LogP contribution is -2.49. The van der Waals surface area contributed by atoms with Crippen molar-refractivity contribution >= 4 is 28.2 Å². The Morgan fingerprint density at radius 3 is 2.44 bits per heavy atom. The minimum atomic E-state index is -3.25. The largest absolute Gasteiger partial charge is 0.493 e. The first kappa shape index (κ1) is 23.7. The molecule has 0 aliphatic rings. The second-order valence-electron chi connectivity index (χ2n) is 7.05. The summed E-state index contributed by atoms with van der Waals surface area (Å²) < 4.78 is 28.6. The van der Waals surface area contributed by atoms with E-state index in [4.69, 9.17) is 10.5 Å². The van der Waals surface area contributed by atoms with Crippen LogP contribution in [-0.2, 0) is 14.6 Å². The minimum Gasteiger partial charge on any atom is -0.493 e. The van der Waals surface area contributed by atoms with Crippen molar-refractivity contribution in [2.45, 2.75) is 38.1 Å². The van der Waals surface area contributed by atoms with Crippen molar-refractivity contribution < 1.29 is 17.9 Å². The van der Waals surface area contributed by atoms with Crippen LogP contribution in [0.1, 0.15) is 27.2 Å². The summed E-state index contributed by atoms with van der Waals surface area (Å²) in [5.41, 5.74) is 5.68. The molecule has 1 aromatic carbocycles. The zero-order chi connectivity index (χ0) is 18.5. The van der Waals surface area contributed by atoms with Crippen molar-refractivity contribution in [3.63, 3.8) is 0 Å². The van der Waals surface area contributed by atoms with Gasteiger partial charge in [0.25, 0.3) is 0 Å². The quantitative estimate of drug-likeness (QED) is 0.718. The first-order chi connectivity index (χ1) is 10.9. The standard InChI is InChI=1S/C17H28N2O4S.ClH/c1-17(2,3)15(18)16(20)19(4)10-7-11-23-13-8-6-9-14(12-13)24(5,21)22;/h6,8-9,12,15H,7,10-11,18H2,1-5H3;1H/t15-;/m1./s1. The van der Waals surface area contributed by atoms with Crippen LogP contribution in [0, 0.1) is 5.41 Å². The fraction of sp³-hybridized carbons (Fsp3) is 0.588. The van der Waals surface area contributed by atoms with E-state index in [-0.39, 0.29) is 28.6 Å². The van der Waals surface area contributed by atoms with Gasteiger partial charge in [-0.3, -0.25) is 4.79 Å². The number of halogens is 1. The SMILES string of the molecule is CN(CCCOc1cccc(S(C)(=O)=O)c1)C(=O)[C@@H](N)C(C)(C)C.Cl. The fourth-order valence-electron chi connectivity index (χ4n) is 2.00. The number of ether oxygens (including phenoxy) is 1. The number of rotatable bonds is 7. The second kappa shape index (κ2) is 9.40. The van der Waals surface area contributed by atoms with Crippen molar-refractivity contribution in [1.29, 1.82) is 0 Å². The second-order valence-corrected chi connectivity index (χ2v) is 9.07. The molecule has 25 heavy (non-hydrogen) atoms. The third-order valence-corrected chi connectivity index (χ3v) is 4.83. The molecule has 0 bridgehead atoms. The summed E-state index contributed by atoms with van der Waals surface area (Å²) in [6, 6.07) is 5.83. The van der Waals surface area contributed by atoms with Crippen molar-refractivity contribution in [2.24, 2.45) is 11.1 Å². The Kier molecular flexibility index (Phi) is 8.91. The molecule has 0 unspecified atom stereocenters. The van der Waals surface area contributed by atoms with Gasteiger partial charge in [0.2, 0.25) is 5.91 Å². The van der Waals surface area contributed by atoms with Crippen molar-refractivity contribution in [3.8, 4) is 5.75 Å². The van der Waals surface area contributed by atoms with Crippen LogP contribution in [0.3, 0.4) is 0 Å². The van der Waals surface area contributed by atoms with E-state index in [2.05, 4.69) is 0 Å². The summed E-state index contributed by atoms with van der Waals surface area (Å²) in [6.07, 6.45) is 1.79. The third-order valence-electron chi connectivity index (χ3n) is 3.72. The number of nitrogens with zero attached hydrogens (tertiary/aromatic N) is 1. The first-order valence-corrected chi connectivity index (χ1v) is 9.75. The van der Waals surface area contributed by atoms with E-state index < -0.39 is 15.9 Å². The van der Waals surface area contributed by atoms with Crippen LogP contribution < -0.4 is 10.5 Å². The van der Waals surface area contributed by atoms with Crippen LogP contribution in [-0.4, -0.2) is 51.7 Å². The first-order valence-electron chi connectivity index (χ1n) is 7.86. The summed E-state index contributed by atoms with van der Waals surface area (Å²) in [5, 5.41) is 0. The minimum absolute atomic E-state index is 0. The van der Waals surface area contributed by atoms with Gasteiger partial charge < -0.3 is 15.4 Å². The highest BCUT2D eigenvalue weighted by Crippen LogP contribution is 2.19. The van der Waals surface area contributed by atoms with E-state index in [9.17, 15) is 13.2 Å². The van der Waals surface area contributed by atoms with Crippen LogP contribution >= 0.6 is 12.4 Å². The average molecular weight is 393 g/mol. The van der Waals surface area contributed by atoms with Crippen molar-refractivity contribution in [2.75, 3.05) is 26.5 Å². The molecule has 0 aromatic heterocycles. The Labute approximate surface area is 157 Å². The van der Waals surface area contributed by atoms with Gasteiger partial charge in [-0.2, -0.15) is 0 Å². The van der Waals surface area contributed by atoms with Gasteiger partial charge in [-0.05, 0) is 30.0 Å². The Bertz CT molecular complexity index is 671. The molecular formula is C17H29ClN2O4S. The Hall–Kier alpha value is -1.31. The summed E-state index contributed by atoms with van der Waals surface area (Å²) in [4.78, 5) is 14.0. The highest BCUT2D eigenvalue weighted by molar-refractivity contribution is 7.90. The van der Waals surface area contributed by atoms with E-state index in [1.54, 1.807) is 24.1 Å². The van der Waals surface area contributed by atoms with Crippen molar-refractivity contribution in [3.05, 3.63) is 24.3 Å². The van der Waals surface area contributed by atoms with Gasteiger partial charge in [0, 0.05) is 19.8 Å². The highest BCUT2D eigenvalue weighted by atomic mass is 35.5. The van der Waals surface area contributed by atoms with E-state index in [1.807, 2.05) is 20.8 Å². The van der Waals surface area contributed by atoms with Gasteiger partial charge in [0.05, 0.1) is 17.5 Å². The predicted molar refractivity (Wildman–Crippen MR) is 102 cm³/mol. The number of sulfone groups is 1. The number of amides is 1. The molecule has 0 aliphatic carbocycles. The molecule has 0 saturated heterocycles. The topological polar surface area (TPSA) is 89.7 Å². The molecule has 1 aromatic rings. The Morgan fingerprint density at radius 1 is 1.32 bits per heavy atom. The molecule has 1 amide bonds. The van der Waals surface area contributed by atoms with E-state index >= 15 is 0 Å². The Balaban J connectivity index is 0.00000576. The molecule has 0 heterocycles. The molecule has 8 heteroatoms. The van der Waals surface area contributed by atoms with Gasteiger partial charge in [-0.1, -0.05) is 26.8 Å². The molecule has 0 aliphatic heterocycles. The number of carbonyl (C=O) groups excluding carboxylic acids is 1. The fourth-order valence-corrected chi connectivity index (χ4v) is 2.66. The molecule has 1 atom stereocenters. The molecule has 0 spiro atoms. The average Bonchev–Trinajstić information content (AvgIpc) is 2.48. The van der Waals surface area contributed by atoms with Crippen LogP contribution in [0.2, 0.25) is 0 Å². The van der Waals surface area contributed by atoms with Crippen LogP contribution in [0.5, 0.6) is 5.75 Å². The van der Waals surface area contributed by atoms with E-state index in [0.29, 0.717) is 25.3 Å². The maximum atomic E-state index is 12.2. The number of nitrogens with two attached hydrogens (primary N) is 1. The number of carbonyl (C=O) groups is 1. The van der Waals surface area contributed by atoms with Crippen LogP contribution in [0.15, 0.2) is 29.2 Å².